The van der Waals surface area contributed by atoms with Crippen LogP contribution in [0.15, 0.2) is 60.9 Å². The van der Waals surface area contributed by atoms with E-state index < -0.39 is 11.7 Å². The number of hydrogen-bond acceptors (Lipinski definition) is 5. The van der Waals surface area contributed by atoms with Crippen molar-refractivity contribution in [3.8, 4) is 23.1 Å². The van der Waals surface area contributed by atoms with Crippen molar-refractivity contribution >= 4 is 0 Å². The molecule has 0 atom stereocenters. The summed E-state index contributed by atoms with van der Waals surface area (Å²) in [5.74, 6) is 0.535. The van der Waals surface area contributed by atoms with Crippen LogP contribution in [-0.4, -0.2) is 25.0 Å². The molecule has 4 aromatic rings. The molecule has 0 spiro atoms. The van der Waals surface area contributed by atoms with Crippen LogP contribution >= 0.6 is 0 Å². The van der Waals surface area contributed by atoms with Gasteiger partial charge in [0.15, 0.2) is 5.69 Å². The van der Waals surface area contributed by atoms with E-state index in [0.717, 1.165) is 17.7 Å². The number of nitriles is 1. The zero-order valence-electron chi connectivity index (χ0n) is 16.0. The van der Waals surface area contributed by atoms with Gasteiger partial charge in [0.05, 0.1) is 5.56 Å². The van der Waals surface area contributed by atoms with Crippen LogP contribution in [0.4, 0.5) is 13.2 Å². The fourth-order valence-corrected chi connectivity index (χ4v) is 3.05. The van der Waals surface area contributed by atoms with Crippen molar-refractivity contribution in [2.75, 3.05) is 0 Å². The minimum absolute atomic E-state index is 0.0176. The zero-order valence-corrected chi connectivity index (χ0v) is 16.0. The highest BCUT2D eigenvalue weighted by Gasteiger charge is 2.32. The van der Waals surface area contributed by atoms with Crippen molar-refractivity contribution < 1.29 is 17.9 Å². The normalized spacial score (nSPS) is 11.3. The molecule has 0 radical (unpaired) electrons. The Labute approximate surface area is 174 Å². The maximum absolute atomic E-state index is 13.4. The van der Waals surface area contributed by atoms with E-state index in [4.69, 9.17) is 10.00 Å². The van der Waals surface area contributed by atoms with E-state index in [2.05, 4.69) is 20.4 Å². The van der Waals surface area contributed by atoms with Crippen molar-refractivity contribution in [2.24, 2.45) is 0 Å². The lowest BCUT2D eigenvalue weighted by Gasteiger charge is -2.13. The smallest absolute Gasteiger partial charge is 0.416 e. The number of aromatic nitrogens is 5. The van der Waals surface area contributed by atoms with E-state index in [9.17, 15) is 13.2 Å². The summed E-state index contributed by atoms with van der Waals surface area (Å²) >= 11 is 0. The predicted octanol–water partition coefficient (Wildman–Crippen LogP) is 4.19. The molecule has 0 unspecified atom stereocenters. The average Bonchev–Trinajstić information content (AvgIpc) is 3.41. The highest BCUT2D eigenvalue weighted by molar-refractivity contribution is 5.67. The number of aromatic amines is 1. The van der Waals surface area contributed by atoms with Crippen molar-refractivity contribution in [2.45, 2.75) is 19.3 Å². The minimum atomic E-state index is -4.60. The number of rotatable bonds is 6. The molecular weight excluding hydrogens is 409 g/mol. The van der Waals surface area contributed by atoms with Crippen LogP contribution in [0.3, 0.4) is 0 Å². The number of hydrogen-bond donors (Lipinski definition) is 1. The van der Waals surface area contributed by atoms with Crippen molar-refractivity contribution in [1.82, 2.24) is 25.0 Å². The zero-order chi connectivity index (χ0) is 21.8. The van der Waals surface area contributed by atoms with E-state index in [1.807, 2.05) is 34.9 Å². The quantitative estimate of drug-likeness (QED) is 0.501. The first-order valence-electron chi connectivity index (χ1n) is 9.14. The Morgan fingerprint density at radius 3 is 2.65 bits per heavy atom. The van der Waals surface area contributed by atoms with Crippen molar-refractivity contribution in [3.05, 3.63) is 83.6 Å². The van der Waals surface area contributed by atoms with Gasteiger partial charge in [0.1, 0.15) is 29.9 Å². The Balaban J connectivity index is 1.60. The Hall–Kier alpha value is -4.13. The van der Waals surface area contributed by atoms with Crippen LogP contribution in [0.25, 0.3) is 11.3 Å². The largest absolute Gasteiger partial charge is 0.486 e. The molecular formula is C21H15F3N6O. The molecule has 0 fully saturated rings. The average molecular weight is 424 g/mol. The second-order valence-electron chi connectivity index (χ2n) is 6.62. The van der Waals surface area contributed by atoms with E-state index in [1.165, 1.54) is 6.07 Å². The molecule has 156 valence electrons. The van der Waals surface area contributed by atoms with Gasteiger partial charge < -0.3 is 9.30 Å². The monoisotopic (exact) mass is 424 g/mol. The lowest BCUT2D eigenvalue weighted by Crippen LogP contribution is -2.09. The Morgan fingerprint density at radius 2 is 1.90 bits per heavy atom. The predicted molar refractivity (Wildman–Crippen MR) is 104 cm³/mol. The highest BCUT2D eigenvalue weighted by atomic mass is 19.4. The molecule has 0 saturated carbocycles. The molecule has 0 saturated heterocycles. The summed E-state index contributed by atoms with van der Waals surface area (Å²) in [5.41, 5.74) is 0.119. The van der Waals surface area contributed by atoms with Gasteiger partial charge in [-0.2, -0.15) is 28.7 Å². The topological polar surface area (TPSA) is 92.4 Å². The van der Waals surface area contributed by atoms with E-state index in [0.29, 0.717) is 12.4 Å². The fraction of sp³-hybridized carbons (Fsp3) is 0.143. The summed E-state index contributed by atoms with van der Waals surface area (Å²) < 4.78 is 47.7. The third-order valence-electron chi connectivity index (χ3n) is 4.53. The maximum Gasteiger partial charge on any atom is 0.416 e. The molecule has 0 bridgehead atoms. The van der Waals surface area contributed by atoms with Crippen LogP contribution in [0.1, 0.15) is 22.6 Å². The van der Waals surface area contributed by atoms with Crippen LogP contribution < -0.4 is 4.74 Å². The Morgan fingerprint density at radius 1 is 1.10 bits per heavy atom. The molecule has 2 aromatic heterocycles. The van der Waals surface area contributed by atoms with Crippen molar-refractivity contribution in [3.63, 3.8) is 0 Å². The number of imidazole rings is 1. The first kappa shape index (κ1) is 20.2. The van der Waals surface area contributed by atoms with Gasteiger partial charge in [0.25, 0.3) is 0 Å². The van der Waals surface area contributed by atoms with Crippen LogP contribution in [0.5, 0.6) is 5.75 Å². The first-order chi connectivity index (χ1) is 14.9. The van der Waals surface area contributed by atoms with Crippen LogP contribution in [-0.2, 0) is 19.3 Å². The molecule has 31 heavy (non-hydrogen) atoms. The van der Waals surface area contributed by atoms with Gasteiger partial charge in [-0.05, 0) is 23.8 Å². The summed E-state index contributed by atoms with van der Waals surface area (Å²) in [6.07, 6.45) is -1.22. The number of halogens is 3. The van der Waals surface area contributed by atoms with E-state index >= 15 is 0 Å². The fourth-order valence-electron chi connectivity index (χ4n) is 3.05. The molecule has 0 aliphatic heterocycles. The number of nitrogens with one attached hydrogen (secondary N) is 1. The Kier molecular flexibility index (Phi) is 5.41. The molecule has 10 heteroatoms. The second-order valence-corrected chi connectivity index (χ2v) is 6.62. The Bertz CT molecular complexity index is 1220. The number of benzene rings is 2. The van der Waals surface area contributed by atoms with Gasteiger partial charge in [0.2, 0.25) is 0 Å². The van der Waals surface area contributed by atoms with Crippen LogP contribution in [0, 0.1) is 11.3 Å². The molecule has 2 heterocycles. The summed E-state index contributed by atoms with van der Waals surface area (Å²) in [7, 11) is 0. The van der Waals surface area contributed by atoms with Gasteiger partial charge in [-0.3, -0.25) is 0 Å². The van der Waals surface area contributed by atoms with Gasteiger partial charge in [0, 0.05) is 24.5 Å². The standard InChI is InChI=1S/C21H15F3N6O/c22-21(23,24)16-8-15(20-18(11-25)27-29-28-20)9-17(10-16)31-13-19-26-6-7-30(19)12-14-4-2-1-3-5-14/h1-10H,12-13H2,(H,27,28,29). The van der Waals surface area contributed by atoms with Crippen molar-refractivity contribution in [1.29, 1.82) is 5.26 Å². The number of nitrogens with zero attached hydrogens (tertiary/aromatic N) is 5. The number of alkyl halides is 3. The highest BCUT2D eigenvalue weighted by Crippen LogP contribution is 2.35. The molecule has 0 aliphatic rings. The lowest BCUT2D eigenvalue weighted by molar-refractivity contribution is -0.137. The summed E-state index contributed by atoms with van der Waals surface area (Å²) in [6.45, 7) is 0.516. The maximum atomic E-state index is 13.4. The summed E-state index contributed by atoms with van der Waals surface area (Å²) in [4.78, 5) is 4.24. The second kappa shape index (κ2) is 8.31. The SMILES string of the molecule is N#Cc1n[nH]nc1-c1cc(OCc2nccn2Cc2ccccc2)cc(C(F)(F)F)c1. The molecule has 0 aliphatic carbocycles. The van der Waals surface area contributed by atoms with Crippen LogP contribution in [0.2, 0.25) is 0 Å². The first-order valence-corrected chi connectivity index (χ1v) is 9.14. The lowest BCUT2D eigenvalue weighted by atomic mass is 10.1. The third kappa shape index (κ3) is 4.56. The minimum Gasteiger partial charge on any atom is -0.486 e. The number of ether oxygens (including phenoxy) is 1. The van der Waals surface area contributed by atoms with Gasteiger partial charge >= 0.3 is 6.18 Å². The molecule has 4 rings (SSSR count). The van der Waals surface area contributed by atoms with Gasteiger partial charge in [-0.15, -0.1) is 5.10 Å². The summed E-state index contributed by atoms with van der Waals surface area (Å²) in [5, 5.41) is 18.8. The third-order valence-corrected chi connectivity index (χ3v) is 4.53. The van der Waals surface area contributed by atoms with Gasteiger partial charge in [-0.1, -0.05) is 30.3 Å². The summed E-state index contributed by atoms with van der Waals surface area (Å²) in [6, 6.07) is 14.7. The molecule has 7 nitrogen and oxygen atoms in total. The van der Waals surface area contributed by atoms with E-state index in [1.54, 1.807) is 18.5 Å². The number of H-pyrrole nitrogens is 1. The van der Waals surface area contributed by atoms with E-state index in [-0.39, 0.29) is 29.3 Å². The molecule has 2 aromatic carbocycles. The molecule has 0 amide bonds. The molecule has 1 N–H and O–H groups in total. The van der Waals surface area contributed by atoms with Gasteiger partial charge in [-0.25, -0.2) is 4.98 Å².